The highest BCUT2D eigenvalue weighted by molar-refractivity contribution is 5.94. The molecule has 1 aromatic heterocycles. The highest BCUT2D eigenvalue weighted by Crippen LogP contribution is 2.17. The van der Waals surface area contributed by atoms with E-state index in [0.717, 1.165) is 18.9 Å². The largest absolute Gasteiger partial charge is 0.357 e. The van der Waals surface area contributed by atoms with Crippen molar-refractivity contribution in [3.05, 3.63) is 23.9 Å². The molecule has 1 saturated heterocycles. The van der Waals surface area contributed by atoms with Crippen molar-refractivity contribution in [1.29, 1.82) is 0 Å². The van der Waals surface area contributed by atoms with Gasteiger partial charge in [0.15, 0.2) is 6.29 Å². The molecule has 1 aromatic rings. The maximum Gasteiger partial charge on any atom is 0.253 e. The van der Waals surface area contributed by atoms with Gasteiger partial charge in [0.05, 0.1) is 12.1 Å². The van der Waals surface area contributed by atoms with Crippen molar-refractivity contribution in [3.8, 4) is 0 Å². The zero-order valence-corrected chi connectivity index (χ0v) is 12.0. The van der Waals surface area contributed by atoms with Crippen molar-refractivity contribution < 1.29 is 14.3 Å². The van der Waals surface area contributed by atoms with E-state index in [1.54, 1.807) is 12.3 Å². The summed E-state index contributed by atoms with van der Waals surface area (Å²) < 4.78 is 10.0. The molecular formula is C14H21N3O3. The third-order valence-corrected chi connectivity index (χ3v) is 3.40. The quantitative estimate of drug-likeness (QED) is 0.788. The molecule has 1 aliphatic heterocycles. The molecule has 2 heterocycles. The lowest BCUT2D eigenvalue weighted by Gasteiger charge is -2.16. The predicted octanol–water partition coefficient (Wildman–Crippen LogP) is 1.03. The SMILES string of the molecule is COC(CNC(=O)c1ccc(N2CCCC2)nc1)OC. The topological polar surface area (TPSA) is 63.7 Å². The Labute approximate surface area is 119 Å². The van der Waals surface area contributed by atoms with Crippen LogP contribution >= 0.6 is 0 Å². The smallest absolute Gasteiger partial charge is 0.253 e. The molecule has 1 N–H and O–H groups in total. The molecule has 1 amide bonds. The zero-order valence-electron chi connectivity index (χ0n) is 12.0. The third kappa shape index (κ3) is 3.68. The van der Waals surface area contributed by atoms with Crippen molar-refractivity contribution in [3.63, 3.8) is 0 Å². The number of aromatic nitrogens is 1. The van der Waals surface area contributed by atoms with Crippen LogP contribution in [0.1, 0.15) is 23.2 Å². The van der Waals surface area contributed by atoms with Crippen LogP contribution in [0.15, 0.2) is 18.3 Å². The molecule has 1 aliphatic rings. The summed E-state index contributed by atoms with van der Waals surface area (Å²) in [5, 5.41) is 2.75. The monoisotopic (exact) mass is 279 g/mol. The van der Waals surface area contributed by atoms with Gasteiger partial charge in [0.25, 0.3) is 5.91 Å². The van der Waals surface area contributed by atoms with Gasteiger partial charge in [0.2, 0.25) is 0 Å². The van der Waals surface area contributed by atoms with Crippen LogP contribution in [0.4, 0.5) is 5.82 Å². The first kappa shape index (κ1) is 14.7. The lowest BCUT2D eigenvalue weighted by Crippen LogP contribution is -2.34. The molecule has 6 heteroatoms. The number of carbonyl (C=O) groups excluding carboxylic acids is 1. The van der Waals surface area contributed by atoms with E-state index in [-0.39, 0.29) is 5.91 Å². The van der Waals surface area contributed by atoms with Crippen molar-refractivity contribution in [1.82, 2.24) is 10.3 Å². The number of amides is 1. The average Bonchev–Trinajstić information content (AvgIpc) is 3.02. The summed E-state index contributed by atoms with van der Waals surface area (Å²) >= 11 is 0. The second kappa shape index (κ2) is 7.21. The number of ether oxygens (including phenoxy) is 2. The number of pyridine rings is 1. The summed E-state index contributed by atoms with van der Waals surface area (Å²) in [6, 6.07) is 3.69. The van der Waals surface area contributed by atoms with E-state index < -0.39 is 6.29 Å². The second-order valence-corrected chi connectivity index (χ2v) is 4.71. The van der Waals surface area contributed by atoms with Gasteiger partial charge >= 0.3 is 0 Å². The van der Waals surface area contributed by atoms with Crippen molar-refractivity contribution in [2.24, 2.45) is 0 Å². The van der Waals surface area contributed by atoms with Gasteiger partial charge in [-0.2, -0.15) is 0 Å². The normalized spacial score (nSPS) is 14.8. The Bertz CT molecular complexity index is 426. The first-order valence-corrected chi connectivity index (χ1v) is 6.79. The molecule has 0 aromatic carbocycles. The molecular weight excluding hydrogens is 258 g/mol. The van der Waals surface area contributed by atoms with E-state index in [1.165, 1.54) is 27.1 Å². The maximum atomic E-state index is 11.9. The lowest BCUT2D eigenvalue weighted by atomic mass is 10.2. The Morgan fingerprint density at radius 3 is 2.60 bits per heavy atom. The molecule has 1 fully saturated rings. The van der Waals surface area contributed by atoms with E-state index in [1.807, 2.05) is 6.07 Å². The summed E-state index contributed by atoms with van der Waals surface area (Å²) in [5.41, 5.74) is 0.541. The molecule has 0 aliphatic carbocycles. The number of nitrogens with one attached hydrogen (secondary N) is 1. The lowest BCUT2D eigenvalue weighted by molar-refractivity contribution is -0.0974. The Kier molecular flexibility index (Phi) is 5.31. The minimum atomic E-state index is -0.434. The van der Waals surface area contributed by atoms with E-state index >= 15 is 0 Å². The molecule has 2 rings (SSSR count). The van der Waals surface area contributed by atoms with Gasteiger partial charge in [-0.25, -0.2) is 4.98 Å². The summed E-state index contributed by atoms with van der Waals surface area (Å²) in [6.45, 7) is 2.39. The van der Waals surface area contributed by atoms with Gasteiger partial charge in [-0.1, -0.05) is 0 Å². The Hall–Kier alpha value is -1.66. The highest BCUT2D eigenvalue weighted by Gasteiger charge is 2.14. The minimum absolute atomic E-state index is 0.176. The van der Waals surface area contributed by atoms with Crippen LogP contribution in [0.5, 0.6) is 0 Å². The number of hydrogen-bond donors (Lipinski definition) is 1. The van der Waals surface area contributed by atoms with Crippen molar-refractivity contribution in [2.45, 2.75) is 19.1 Å². The van der Waals surface area contributed by atoms with Gasteiger partial charge in [0.1, 0.15) is 5.82 Å². The van der Waals surface area contributed by atoms with Crippen LogP contribution in [-0.2, 0) is 9.47 Å². The summed E-state index contributed by atoms with van der Waals surface area (Å²) in [6.07, 6.45) is 3.59. The summed E-state index contributed by atoms with van der Waals surface area (Å²) in [7, 11) is 3.07. The van der Waals surface area contributed by atoms with E-state index in [2.05, 4.69) is 15.2 Å². The molecule has 6 nitrogen and oxygen atoms in total. The molecule has 0 spiro atoms. The highest BCUT2D eigenvalue weighted by atomic mass is 16.7. The molecule has 110 valence electrons. The first-order valence-electron chi connectivity index (χ1n) is 6.79. The third-order valence-electron chi connectivity index (χ3n) is 3.40. The van der Waals surface area contributed by atoms with E-state index in [9.17, 15) is 4.79 Å². The van der Waals surface area contributed by atoms with Gasteiger partial charge in [-0.15, -0.1) is 0 Å². The van der Waals surface area contributed by atoms with Crippen molar-refractivity contribution in [2.75, 3.05) is 38.8 Å². The van der Waals surface area contributed by atoms with Crippen LogP contribution in [0.25, 0.3) is 0 Å². The molecule has 0 unspecified atom stereocenters. The fourth-order valence-corrected chi connectivity index (χ4v) is 2.19. The standard InChI is InChI=1S/C14H21N3O3/c1-19-13(20-2)10-16-14(18)11-5-6-12(15-9-11)17-7-3-4-8-17/h5-6,9,13H,3-4,7-8,10H2,1-2H3,(H,16,18). The fraction of sp³-hybridized carbons (Fsp3) is 0.571. The van der Waals surface area contributed by atoms with Gasteiger partial charge < -0.3 is 19.7 Å². The number of anilines is 1. The van der Waals surface area contributed by atoms with Crippen LogP contribution in [0.2, 0.25) is 0 Å². The van der Waals surface area contributed by atoms with Crippen LogP contribution in [-0.4, -0.2) is 51.0 Å². The van der Waals surface area contributed by atoms with Crippen molar-refractivity contribution >= 4 is 11.7 Å². The molecule has 20 heavy (non-hydrogen) atoms. The van der Waals surface area contributed by atoms with E-state index in [0.29, 0.717) is 12.1 Å². The zero-order chi connectivity index (χ0) is 14.4. The van der Waals surface area contributed by atoms with Crippen LogP contribution in [0, 0.1) is 0 Å². The Balaban J connectivity index is 1.90. The average molecular weight is 279 g/mol. The number of methoxy groups -OCH3 is 2. The first-order chi connectivity index (χ1) is 9.74. The number of nitrogens with zero attached hydrogens (tertiary/aromatic N) is 2. The van der Waals surface area contributed by atoms with E-state index in [4.69, 9.17) is 9.47 Å². The predicted molar refractivity (Wildman–Crippen MR) is 75.8 cm³/mol. The van der Waals surface area contributed by atoms with Gasteiger partial charge in [-0.3, -0.25) is 4.79 Å². The molecule has 0 atom stereocenters. The summed E-state index contributed by atoms with van der Waals surface area (Å²) in [4.78, 5) is 18.5. The molecule has 0 saturated carbocycles. The van der Waals surface area contributed by atoms with Crippen LogP contribution in [0.3, 0.4) is 0 Å². The fourth-order valence-electron chi connectivity index (χ4n) is 2.19. The maximum absolute atomic E-state index is 11.9. The molecule has 0 radical (unpaired) electrons. The number of carbonyl (C=O) groups is 1. The number of rotatable bonds is 6. The summed E-state index contributed by atoms with van der Waals surface area (Å²) in [5.74, 6) is 0.760. The minimum Gasteiger partial charge on any atom is -0.357 e. The van der Waals surface area contributed by atoms with Gasteiger partial charge in [0, 0.05) is 33.5 Å². The Morgan fingerprint density at radius 1 is 1.35 bits per heavy atom. The van der Waals surface area contributed by atoms with Gasteiger partial charge in [-0.05, 0) is 25.0 Å². The second-order valence-electron chi connectivity index (χ2n) is 4.71. The van der Waals surface area contributed by atoms with Crippen LogP contribution < -0.4 is 10.2 Å². The molecule has 0 bridgehead atoms. The number of hydrogen-bond acceptors (Lipinski definition) is 5. The Morgan fingerprint density at radius 2 is 2.05 bits per heavy atom.